The number of likely N-dealkylation sites (tertiary alicyclic amines) is 1. The summed E-state index contributed by atoms with van der Waals surface area (Å²) in [6.45, 7) is 4.50. The maximum Gasteiger partial charge on any atom is 0.120 e. The third kappa shape index (κ3) is 3.54. The Morgan fingerprint density at radius 2 is 2.19 bits per heavy atom. The summed E-state index contributed by atoms with van der Waals surface area (Å²) in [5.74, 6) is 1.75. The van der Waals surface area contributed by atoms with Crippen molar-refractivity contribution in [1.29, 1.82) is 0 Å². The van der Waals surface area contributed by atoms with Crippen molar-refractivity contribution in [2.45, 2.75) is 19.4 Å². The topological polar surface area (TPSA) is 37.4 Å². The van der Waals surface area contributed by atoms with Crippen molar-refractivity contribution >= 4 is 21.6 Å². The highest BCUT2D eigenvalue weighted by Crippen LogP contribution is 2.28. The molecule has 114 valence electrons. The molecule has 0 unspecified atom stereocenters. The number of nitrogens with zero attached hydrogens (tertiary/aromatic N) is 2. The van der Waals surface area contributed by atoms with Gasteiger partial charge in [-0.1, -0.05) is 0 Å². The second kappa shape index (κ2) is 6.73. The molecule has 0 amide bonds. The van der Waals surface area contributed by atoms with Gasteiger partial charge in [-0.2, -0.15) is 0 Å². The highest BCUT2D eigenvalue weighted by atomic mass is 32.1. The number of hydrogen-bond acceptors (Lipinski definition) is 5. The van der Waals surface area contributed by atoms with Crippen LogP contribution in [0.1, 0.15) is 17.8 Å². The molecule has 2 heterocycles. The van der Waals surface area contributed by atoms with Gasteiger partial charge in [0.1, 0.15) is 10.8 Å². The fourth-order valence-corrected chi connectivity index (χ4v) is 4.01. The van der Waals surface area contributed by atoms with Gasteiger partial charge in [-0.25, -0.2) is 4.98 Å². The van der Waals surface area contributed by atoms with Crippen molar-refractivity contribution in [2.24, 2.45) is 5.92 Å². The van der Waals surface area contributed by atoms with Crippen LogP contribution in [0.3, 0.4) is 0 Å². The van der Waals surface area contributed by atoms with E-state index in [0.717, 1.165) is 30.3 Å². The monoisotopic (exact) mass is 305 g/mol. The van der Waals surface area contributed by atoms with Crippen LogP contribution in [0.4, 0.5) is 0 Å². The quantitative estimate of drug-likeness (QED) is 0.922. The van der Waals surface area contributed by atoms with Gasteiger partial charge >= 0.3 is 0 Å². The van der Waals surface area contributed by atoms with E-state index in [1.165, 1.54) is 35.6 Å². The highest BCUT2D eigenvalue weighted by molar-refractivity contribution is 7.18. The SMILES string of the molecule is CNCC1CCN(Cc2nc3ccc(OC)cc3s2)CC1. The Labute approximate surface area is 130 Å². The van der Waals surface area contributed by atoms with Crippen LogP contribution in [0.15, 0.2) is 18.2 Å². The Morgan fingerprint density at radius 3 is 2.90 bits per heavy atom. The van der Waals surface area contributed by atoms with Gasteiger partial charge in [0.25, 0.3) is 0 Å². The van der Waals surface area contributed by atoms with E-state index < -0.39 is 0 Å². The molecule has 0 aliphatic carbocycles. The summed E-state index contributed by atoms with van der Waals surface area (Å²) in [4.78, 5) is 7.28. The molecule has 0 saturated carbocycles. The van der Waals surface area contributed by atoms with E-state index in [9.17, 15) is 0 Å². The molecule has 1 aliphatic rings. The molecule has 3 rings (SSSR count). The van der Waals surface area contributed by atoms with Crippen LogP contribution in [-0.4, -0.2) is 43.7 Å². The van der Waals surface area contributed by atoms with Crippen molar-refractivity contribution < 1.29 is 4.74 Å². The summed E-state index contributed by atoms with van der Waals surface area (Å²) in [6.07, 6.45) is 2.58. The lowest BCUT2D eigenvalue weighted by atomic mass is 9.97. The van der Waals surface area contributed by atoms with Crippen molar-refractivity contribution in [2.75, 3.05) is 33.8 Å². The van der Waals surface area contributed by atoms with E-state index in [0.29, 0.717) is 0 Å². The van der Waals surface area contributed by atoms with Gasteiger partial charge in [0.05, 0.1) is 23.9 Å². The first kappa shape index (κ1) is 14.8. The van der Waals surface area contributed by atoms with Gasteiger partial charge < -0.3 is 10.1 Å². The molecular formula is C16H23N3OS. The number of fused-ring (bicyclic) bond motifs is 1. The lowest BCUT2D eigenvalue weighted by Gasteiger charge is -2.31. The summed E-state index contributed by atoms with van der Waals surface area (Å²) in [7, 11) is 3.75. The number of hydrogen-bond donors (Lipinski definition) is 1. The smallest absolute Gasteiger partial charge is 0.120 e. The van der Waals surface area contributed by atoms with Gasteiger partial charge in [0.2, 0.25) is 0 Å². The molecule has 1 aromatic heterocycles. The predicted molar refractivity (Wildman–Crippen MR) is 88.1 cm³/mol. The Kier molecular flexibility index (Phi) is 4.73. The number of nitrogens with one attached hydrogen (secondary N) is 1. The molecule has 1 aliphatic heterocycles. The predicted octanol–water partition coefficient (Wildman–Crippen LogP) is 2.74. The first-order valence-electron chi connectivity index (χ1n) is 7.59. The summed E-state index contributed by atoms with van der Waals surface area (Å²) < 4.78 is 6.50. The molecule has 5 heteroatoms. The summed E-state index contributed by atoms with van der Waals surface area (Å²) in [5.41, 5.74) is 1.08. The molecule has 1 fully saturated rings. The van der Waals surface area contributed by atoms with Gasteiger partial charge in [-0.15, -0.1) is 11.3 Å². The molecule has 1 N–H and O–H groups in total. The molecule has 1 aromatic carbocycles. The lowest BCUT2D eigenvalue weighted by molar-refractivity contribution is 0.176. The second-order valence-corrected chi connectivity index (χ2v) is 6.83. The number of ether oxygens (including phenoxy) is 1. The van der Waals surface area contributed by atoms with Gasteiger partial charge in [0, 0.05) is 0 Å². The molecular weight excluding hydrogens is 282 g/mol. The van der Waals surface area contributed by atoms with E-state index in [-0.39, 0.29) is 0 Å². The van der Waals surface area contributed by atoms with Crippen LogP contribution in [0.25, 0.3) is 10.2 Å². The zero-order valence-corrected chi connectivity index (χ0v) is 13.6. The minimum Gasteiger partial charge on any atom is -0.497 e. The molecule has 0 spiro atoms. The zero-order chi connectivity index (χ0) is 14.7. The van der Waals surface area contributed by atoms with Crippen LogP contribution in [0.2, 0.25) is 0 Å². The van der Waals surface area contributed by atoms with Gasteiger partial charge in [-0.05, 0) is 63.6 Å². The maximum atomic E-state index is 5.28. The second-order valence-electron chi connectivity index (χ2n) is 5.72. The van der Waals surface area contributed by atoms with Gasteiger partial charge in [-0.3, -0.25) is 4.90 Å². The fraction of sp³-hybridized carbons (Fsp3) is 0.562. The van der Waals surface area contributed by atoms with E-state index >= 15 is 0 Å². The van der Waals surface area contributed by atoms with Crippen LogP contribution < -0.4 is 10.1 Å². The summed E-state index contributed by atoms with van der Waals surface area (Å²) in [5, 5.41) is 4.50. The average Bonchev–Trinajstić information content (AvgIpc) is 2.90. The third-order valence-electron chi connectivity index (χ3n) is 4.20. The number of benzene rings is 1. The van der Waals surface area contributed by atoms with Crippen molar-refractivity contribution in [3.8, 4) is 5.75 Å². The molecule has 2 aromatic rings. The van der Waals surface area contributed by atoms with Crippen molar-refractivity contribution in [1.82, 2.24) is 15.2 Å². The number of aromatic nitrogens is 1. The average molecular weight is 305 g/mol. The number of methoxy groups -OCH3 is 1. The summed E-state index contributed by atoms with van der Waals surface area (Å²) in [6, 6.07) is 6.11. The highest BCUT2D eigenvalue weighted by Gasteiger charge is 2.19. The molecule has 0 radical (unpaired) electrons. The van der Waals surface area contributed by atoms with Crippen molar-refractivity contribution in [3.05, 3.63) is 23.2 Å². The molecule has 0 bridgehead atoms. The molecule has 1 saturated heterocycles. The van der Waals surface area contributed by atoms with Gasteiger partial charge in [0.15, 0.2) is 0 Å². The van der Waals surface area contributed by atoms with E-state index in [2.05, 4.69) is 16.3 Å². The van der Waals surface area contributed by atoms with E-state index in [1.807, 2.05) is 19.2 Å². The Balaban J connectivity index is 1.63. The molecule has 21 heavy (non-hydrogen) atoms. The van der Waals surface area contributed by atoms with Crippen LogP contribution in [0, 0.1) is 5.92 Å². The van der Waals surface area contributed by atoms with Crippen molar-refractivity contribution in [3.63, 3.8) is 0 Å². The minimum absolute atomic E-state index is 0.839. The Hall–Kier alpha value is -1.17. The minimum atomic E-state index is 0.839. The van der Waals surface area contributed by atoms with Crippen LogP contribution in [-0.2, 0) is 6.54 Å². The molecule has 4 nitrogen and oxygen atoms in total. The van der Waals surface area contributed by atoms with Crippen LogP contribution in [0.5, 0.6) is 5.75 Å². The standard InChI is InChI=1S/C16H23N3OS/c1-17-10-12-5-7-19(8-6-12)11-16-18-14-4-3-13(20-2)9-15(14)21-16/h3-4,9,12,17H,5-8,10-11H2,1-2H3. The summed E-state index contributed by atoms with van der Waals surface area (Å²) >= 11 is 1.79. The Morgan fingerprint density at radius 1 is 1.38 bits per heavy atom. The first-order valence-corrected chi connectivity index (χ1v) is 8.40. The number of rotatable bonds is 5. The molecule has 0 atom stereocenters. The lowest BCUT2D eigenvalue weighted by Crippen LogP contribution is -2.36. The zero-order valence-electron chi connectivity index (χ0n) is 12.8. The largest absolute Gasteiger partial charge is 0.497 e. The number of piperidine rings is 1. The van der Waals surface area contributed by atoms with E-state index in [1.54, 1.807) is 18.4 Å². The Bertz CT molecular complexity index is 590. The maximum absolute atomic E-state index is 5.28. The van der Waals surface area contributed by atoms with E-state index in [4.69, 9.17) is 9.72 Å². The third-order valence-corrected chi connectivity index (χ3v) is 5.20. The number of thiazole rings is 1. The van der Waals surface area contributed by atoms with Crippen LogP contribution >= 0.6 is 11.3 Å². The normalized spacial score (nSPS) is 17.4. The first-order chi connectivity index (χ1) is 10.3. The fourth-order valence-electron chi connectivity index (χ4n) is 2.98.